The molecule has 1 heterocycles. The molecule has 0 fully saturated rings. The van der Waals surface area contributed by atoms with E-state index in [0.29, 0.717) is 13.0 Å². The topological polar surface area (TPSA) is 89.3 Å². The number of hydrogen-bond acceptors (Lipinski definition) is 5. The van der Waals surface area contributed by atoms with Crippen molar-refractivity contribution in [3.63, 3.8) is 0 Å². The summed E-state index contributed by atoms with van der Waals surface area (Å²) in [5.74, 6) is 5.35. The van der Waals surface area contributed by atoms with Crippen molar-refractivity contribution in [3.05, 3.63) is 77.0 Å². The Morgan fingerprint density at radius 1 is 1.10 bits per heavy atom. The highest BCUT2D eigenvalue weighted by atomic mass is 16.5. The number of hydrazine groups is 1. The van der Waals surface area contributed by atoms with Gasteiger partial charge in [-0.2, -0.15) is 0 Å². The molecule has 0 spiro atoms. The van der Waals surface area contributed by atoms with Gasteiger partial charge in [0.2, 0.25) is 6.41 Å². The van der Waals surface area contributed by atoms with Crippen LogP contribution in [0.5, 0.6) is 5.75 Å². The van der Waals surface area contributed by atoms with Gasteiger partial charge in [-0.25, -0.2) is 5.84 Å². The SMILES string of the molecule is CCc1cc(-c2cccc(C)n2)ccc1OCc1c(C)cccc1NC.NNC=O. The van der Waals surface area contributed by atoms with Gasteiger partial charge in [-0.3, -0.25) is 15.2 Å². The number of pyridine rings is 1. The zero-order valence-corrected chi connectivity index (χ0v) is 18.0. The predicted octanol–water partition coefficient (Wildman–Crippen LogP) is 4.15. The highest BCUT2D eigenvalue weighted by Crippen LogP contribution is 2.28. The minimum atomic E-state index is 0.403. The number of amides is 1. The van der Waals surface area contributed by atoms with Gasteiger partial charge in [-0.05, 0) is 67.8 Å². The van der Waals surface area contributed by atoms with Crippen molar-refractivity contribution in [2.45, 2.75) is 33.8 Å². The quantitative estimate of drug-likeness (QED) is 0.237. The van der Waals surface area contributed by atoms with Gasteiger partial charge in [-0.1, -0.05) is 25.1 Å². The van der Waals surface area contributed by atoms with E-state index in [9.17, 15) is 0 Å². The molecule has 0 aliphatic heterocycles. The standard InChI is InChI=1S/C23H26N2O.CH4N2O/c1-5-18-14-19(21-10-7-9-17(3)25-21)12-13-23(18)26-15-20-16(2)8-6-11-22(20)24-4;2-3-1-4/h6-14,24H,5,15H2,1-4H3;1H,2H2,(H,3,4). The Kier molecular flexibility index (Phi) is 8.84. The summed E-state index contributed by atoms with van der Waals surface area (Å²) in [5.41, 5.74) is 9.65. The van der Waals surface area contributed by atoms with E-state index in [0.717, 1.165) is 34.8 Å². The van der Waals surface area contributed by atoms with Crippen LogP contribution in [0.4, 0.5) is 5.69 Å². The van der Waals surface area contributed by atoms with E-state index in [-0.39, 0.29) is 0 Å². The maximum absolute atomic E-state index is 8.94. The number of benzene rings is 2. The molecule has 0 aliphatic rings. The highest BCUT2D eigenvalue weighted by Gasteiger charge is 2.09. The first-order chi connectivity index (χ1) is 14.5. The molecule has 0 saturated heterocycles. The zero-order valence-electron chi connectivity index (χ0n) is 18.0. The van der Waals surface area contributed by atoms with Crippen molar-refractivity contribution in [3.8, 4) is 17.0 Å². The van der Waals surface area contributed by atoms with Crippen LogP contribution < -0.4 is 21.3 Å². The number of anilines is 1. The molecule has 30 heavy (non-hydrogen) atoms. The molecule has 3 rings (SSSR count). The second kappa shape index (κ2) is 11.6. The largest absolute Gasteiger partial charge is 0.489 e. The molecule has 6 nitrogen and oxygen atoms in total. The van der Waals surface area contributed by atoms with Crippen LogP contribution in [0.15, 0.2) is 54.6 Å². The number of aryl methyl sites for hydroxylation is 3. The number of hydrogen-bond donors (Lipinski definition) is 3. The Morgan fingerprint density at radius 2 is 1.83 bits per heavy atom. The molecule has 6 heteroatoms. The average molecular weight is 407 g/mol. The van der Waals surface area contributed by atoms with Gasteiger partial charge in [0, 0.05) is 29.6 Å². The molecule has 1 amide bonds. The number of nitrogens with one attached hydrogen (secondary N) is 2. The average Bonchev–Trinajstić information content (AvgIpc) is 2.78. The number of nitrogens with two attached hydrogens (primary N) is 1. The maximum Gasteiger partial charge on any atom is 0.221 e. The Morgan fingerprint density at radius 3 is 2.47 bits per heavy atom. The second-order valence-electron chi connectivity index (χ2n) is 6.76. The number of carbonyl (C=O) groups excluding carboxylic acids is 1. The van der Waals surface area contributed by atoms with E-state index in [2.05, 4.69) is 72.5 Å². The van der Waals surface area contributed by atoms with Gasteiger partial charge < -0.3 is 10.1 Å². The van der Waals surface area contributed by atoms with Gasteiger partial charge in [0.25, 0.3) is 0 Å². The summed E-state index contributed by atoms with van der Waals surface area (Å²) in [6.07, 6.45) is 1.32. The normalized spacial score (nSPS) is 9.90. The molecule has 0 saturated carbocycles. The Bertz CT molecular complexity index is 973. The van der Waals surface area contributed by atoms with E-state index in [1.54, 1.807) is 5.43 Å². The first-order valence-corrected chi connectivity index (χ1v) is 9.89. The number of nitrogens with zero attached hydrogens (tertiary/aromatic N) is 1. The summed E-state index contributed by atoms with van der Waals surface area (Å²) in [6.45, 7) is 6.84. The molecule has 4 N–H and O–H groups in total. The van der Waals surface area contributed by atoms with Crippen molar-refractivity contribution < 1.29 is 9.53 Å². The molecule has 0 aliphatic carbocycles. The molecule has 0 radical (unpaired) electrons. The third-order valence-corrected chi connectivity index (χ3v) is 4.75. The molecule has 158 valence electrons. The third kappa shape index (κ3) is 6.06. The van der Waals surface area contributed by atoms with Gasteiger partial charge in [-0.15, -0.1) is 0 Å². The lowest BCUT2D eigenvalue weighted by Crippen LogP contribution is -2.18. The summed E-state index contributed by atoms with van der Waals surface area (Å²) in [5, 5.41) is 3.25. The third-order valence-electron chi connectivity index (χ3n) is 4.75. The van der Waals surface area contributed by atoms with Gasteiger partial charge >= 0.3 is 0 Å². The van der Waals surface area contributed by atoms with E-state index in [1.807, 2.05) is 26.1 Å². The predicted molar refractivity (Wildman–Crippen MR) is 122 cm³/mol. The number of ether oxygens (including phenoxy) is 1. The minimum Gasteiger partial charge on any atom is -0.489 e. The number of aromatic nitrogens is 1. The van der Waals surface area contributed by atoms with Crippen LogP contribution in [0.3, 0.4) is 0 Å². The molecular formula is C24H30N4O2. The lowest BCUT2D eigenvalue weighted by Gasteiger charge is -2.16. The fourth-order valence-corrected chi connectivity index (χ4v) is 3.14. The van der Waals surface area contributed by atoms with E-state index in [1.165, 1.54) is 16.7 Å². The molecule has 0 unspecified atom stereocenters. The smallest absolute Gasteiger partial charge is 0.221 e. The van der Waals surface area contributed by atoms with Crippen molar-refractivity contribution >= 4 is 12.1 Å². The van der Waals surface area contributed by atoms with Crippen molar-refractivity contribution in [2.75, 3.05) is 12.4 Å². The molecular weight excluding hydrogens is 376 g/mol. The zero-order chi connectivity index (χ0) is 21.9. The lowest BCUT2D eigenvalue weighted by molar-refractivity contribution is -0.109. The van der Waals surface area contributed by atoms with E-state index >= 15 is 0 Å². The number of rotatable bonds is 7. The molecule has 0 atom stereocenters. The van der Waals surface area contributed by atoms with Crippen molar-refractivity contribution in [2.24, 2.45) is 5.84 Å². The van der Waals surface area contributed by atoms with E-state index in [4.69, 9.17) is 9.53 Å². The van der Waals surface area contributed by atoms with Crippen LogP contribution in [0.25, 0.3) is 11.3 Å². The van der Waals surface area contributed by atoms with Crippen LogP contribution in [-0.4, -0.2) is 18.4 Å². The fraction of sp³-hybridized carbons (Fsp3) is 0.250. The molecule has 3 aromatic rings. The van der Waals surface area contributed by atoms with Crippen LogP contribution in [0.1, 0.15) is 29.3 Å². The van der Waals surface area contributed by atoms with Crippen LogP contribution in [0, 0.1) is 13.8 Å². The van der Waals surface area contributed by atoms with Crippen molar-refractivity contribution in [1.29, 1.82) is 0 Å². The highest BCUT2D eigenvalue weighted by molar-refractivity contribution is 5.62. The summed E-state index contributed by atoms with van der Waals surface area (Å²) < 4.78 is 6.19. The van der Waals surface area contributed by atoms with Crippen LogP contribution >= 0.6 is 0 Å². The van der Waals surface area contributed by atoms with Gasteiger partial charge in [0.15, 0.2) is 0 Å². The second-order valence-corrected chi connectivity index (χ2v) is 6.76. The summed E-state index contributed by atoms with van der Waals surface area (Å²) in [4.78, 5) is 13.6. The Hall–Kier alpha value is -3.38. The van der Waals surface area contributed by atoms with E-state index < -0.39 is 0 Å². The molecule has 0 bridgehead atoms. The fourth-order valence-electron chi connectivity index (χ4n) is 3.14. The number of carbonyl (C=O) groups is 1. The Balaban J connectivity index is 0.000000735. The monoisotopic (exact) mass is 406 g/mol. The molecule has 1 aromatic heterocycles. The van der Waals surface area contributed by atoms with Gasteiger partial charge in [0.1, 0.15) is 12.4 Å². The van der Waals surface area contributed by atoms with Crippen LogP contribution in [-0.2, 0) is 17.8 Å². The van der Waals surface area contributed by atoms with Crippen LogP contribution in [0.2, 0.25) is 0 Å². The summed E-state index contributed by atoms with van der Waals surface area (Å²) in [6, 6.07) is 18.7. The lowest BCUT2D eigenvalue weighted by atomic mass is 10.0. The van der Waals surface area contributed by atoms with Gasteiger partial charge in [0.05, 0.1) is 5.69 Å². The maximum atomic E-state index is 8.94. The first-order valence-electron chi connectivity index (χ1n) is 9.89. The first kappa shape index (κ1) is 22.9. The molecule has 2 aromatic carbocycles. The minimum absolute atomic E-state index is 0.403. The summed E-state index contributed by atoms with van der Waals surface area (Å²) >= 11 is 0. The van der Waals surface area contributed by atoms with Crippen molar-refractivity contribution in [1.82, 2.24) is 10.4 Å². The Labute approximate surface area is 178 Å². The summed E-state index contributed by atoms with van der Waals surface area (Å²) in [7, 11) is 1.94.